The van der Waals surface area contributed by atoms with Crippen molar-refractivity contribution in [1.29, 1.82) is 0 Å². The van der Waals surface area contributed by atoms with E-state index in [0.717, 1.165) is 6.42 Å². The fourth-order valence-corrected chi connectivity index (χ4v) is 4.24. The van der Waals surface area contributed by atoms with Gasteiger partial charge in [-0.1, -0.05) is 44.2 Å². The number of anilines is 2. The van der Waals surface area contributed by atoms with Crippen molar-refractivity contribution in [2.75, 3.05) is 16.7 Å². The molecule has 0 heterocycles. The van der Waals surface area contributed by atoms with Crippen molar-refractivity contribution in [1.82, 2.24) is 0 Å². The zero-order chi connectivity index (χ0) is 21.7. The van der Waals surface area contributed by atoms with Crippen LogP contribution in [0.5, 0.6) is 0 Å². The van der Waals surface area contributed by atoms with Crippen LogP contribution in [0.3, 0.4) is 0 Å². The van der Waals surface area contributed by atoms with E-state index in [0.29, 0.717) is 22.9 Å². The molecule has 0 aromatic heterocycles. The second-order valence-electron chi connectivity index (χ2n) is 7.22. The van der Waals surface area contributed by atoms with Gasteiger partial charge in [-0.15, -0.1) is 0 Å². The molecule has 5 nitrogen and oxygen atoms in total. The molecule has 0 aliphatic heterocycles. The summed E-state index contributed by atoms with van der Waals surface area (Å²) in [5.74, 6) is 0.185. The van der Waals surface area contributed by atoms with E-state index < -0.39 is 10.0 Å². The SMILES string of the molecule is CC[C@@H](C)c1ccc(NC(=O)c2ccc(S(=O)(=O)N(C)c3ccccc3)cc2)cc1. The predicted octanol–water partition coefficient (Wildman–Crippen LogP) is 5.28. The highest BCUT2D eigenvalue weighted by molar-refractivity contribution is 7.92. The number of hydrogen-bond donors (Lipinski definition) is 1. The Bertz CT molecular complexity index is 1090. The molecule has 156 valence electrons. The van der Waals surface area contributed by atoms with Crippen LogP contribution in [0, 0.1) is 0 Å². The van der Waals surface area contributed by atoms with Gasteiger partial charge in [0.25, 0.3) is 15.9 Å². The molecular weight excluding hydrogens is 396 g/mol. The second-order valence-corrected chi connectivity index (χ2v) is 9.19. The minimum absolute atomic E-state index is 0.128. The number of benzene rings is 3. The second kappa shape index (κ2) is 9.13. The Morgan fingerprint density at radius 3 is 2.10 bits per heavy atom. The average Bonchev–Trinajstić information content (AvgIpc) is 2.79. The number of rotatable bonds is 7. The van der Waals surface area contributed by atoms with Gasteiger partial charge in [0, 0.05) is 18.3 Å². The fourth-order valence-electron chi connectivity index (χ4n) is 3.05. The molecular formula is C24H26N2O3S. The van der Waals surface area contributed by atoms with Crippen LogP contribution in [0.2, 0.25) is 0 Å². The zero-order valence-electron chi connectivity index (χ0n) is 17.4. The van der Waals surface area contributed by atoms with Gasteiger partial charge >= 0.3 is 0 Å². The van der Waals surface area contributed by atoms with Crippen molar-refractivity contribution in [3.8, 4) is 0 Å². The standard InChI is InChI=1S/C24H26N2O3S/c1-4-18(2)19-10-14-21(15-11-19)25-24(27)20-12-16-23(17-13-20)30(28,29)26(3)22-8-6-5-7-9-22/h5-18H,4H2,1-3H3,(H,25,27)/t18-/m1/s1. The van der Waals surface area contributed by atoms with Gasteiger partial charge in [0.05, 0.1) is 10.6 Å². The summed E-state index contributed by atoms with van der Waals surface area (Å²) in [5.41, 5.74) is 2.89. The first-order chi connectivity index (χ1) is 14.3. The van der Waals surface area contributed by atoms with Crippen LogP contribution in [0.4, 0.5) is 11.4 Å². The van der Waals surface area contributed by atoms with Crippen LogP contribution in [0.15, 0.2) is 83.8 Å². The lowest BCUT2D eigenvalue weighted by atomic mass is 9.98. The van der Waals surface area contributed by atoms with E-state index >= 15 is 0 Å². The Labute approximate surface area is 178 Å². The number of sulfonamides is 1. The summed E-state index contributed by atoms with van der Waals surface area (Å²) in [6.45, 7) is 4.31. The molecule has 0 saturated carbocycles. The third kappa shape index (κ3) is 4.71. The van der Waals surface area contributed by atoms with Crippen LogP contribution in [-0.2, 0) is 10.0 Å². The van der Waals surface area contributed by atoms with Crippen molar-refractivity contribution < 1.29 is 13.2 Å². The Morgan fingerprint density at radius 2 is 1.53 bits per heavy atom. The molecule has 3 rings (SSSR count). The van der Waals surface area contributed by atoms with Crippen LogP contribution in [0.1, 0.15) is 42.1 Å². The minimum Gasteiger partial charge on any atom is -0.322 e. The molecule has 0 bridgehead atoms. The number of nitrogens with one attached hydrogen (secondary N) is 1. The summed E-state index contributed by atoms with van der Waals surface area (Å²) < 4.78 is 26.9. The molecule has 0 saturated heterocycles. The normalized spacial score (nSPS) is 12.2. The quantitative estimate of drug-likeness (QED) is 0.563. The molecule has 0 fully saturated rings. The summed E-state index contributed by atoms with van der Waals surface area (Å²) in [4.78, 5) is 12.7. The first kappa shape index (κ1) is 21.6. The third-order valence-corrected chi connectivity index (χ3v) is 7.04. The minimum atomic E-state index is -3.71. The summed E-state index contributed by atoms with van der Waals surface area (Å²) in [6.07, 6.45) is 1.06. The summed E-state index contributed by atoms with van der Waals surface area (Å²) >= 11 is 0. The highest BCUT2D eigenvalue weighted by atomic mass is 32.2. The van der Waals surface area contributed by atoms with Crippen LogP contribution >= 0.6 is 0 Å². The van der Waals surface area contributed by atoms with Gasteiger partial charge in [-0.25, -0.2) is 8.42 Å². The van der Waals surface area contributed by atoms with Crippen molar-refractivity contribution in [3.63, 3.8) is 0 Å². The van der Waals surface area contributed by atoms with Gasteiger partial charge in [0.15, 0.2) is 0 Å². The molecule has 0 aliphatic carbocycles. The summed E-state index contributed by atoms with van der Waals surface area (Å²) in [6, 6.07) is 22.6. The highest BCUT2D eigenvalue weighted by Gasteiger charge is 2.21. The van der Waals surface area contributed by atoms with Gasteiger partial charge in [-0.2, -0.15) is 0 Å². The third-order valence-electron chi connectivity index (χ3n) is 5.24. The highest BCUT2D eigenvalue weighted by Crippen LogP contribution is 2.23. The molecule has 0 radical (unpaired) electrons. The molecule has 0 unspecified atom stereocenters. The molecule has 1 atom stereocenters. The predicted molar refractivity (Wildman–Crippen MR) is 122 cm³/mol. The van der Waals surface area contributed by atoms with Crippen molar-refractivity contribution in [2.45, 2.75) is 31.1 Å². The van der Waals surface area contributed by atoms with E-state index in [2.05, 4.69) is 19.2 Å². The maximum absolute atomic E-state index is 12.8. The van der Waals surface area contributed by atoms with E-state index in [1.165, 1.54) is 41.2 Å². The zero-order valence-corrected chi connectivity index (χ0v) is 18.2. The Kier molecular flexibility index (Phi) is 6.57. The summed E-state index contributed by atoms with van der Waals surface area (Å²) in [5, 5.41) is 2.85. The van der Waals surface area contributed by atoms with Gasteiger partial charge in [0.2, 0.25) is 0 Å². The lowest BCUT2D eigenvalue weighted by molar-refractivity contribution is 0.102. The largest absolute Gasteiger partial charge is 0.322 e. The molecule has 1 amide bonds. The maximum atomic E-state index is 12.8. The Hall–Kier alpha value is -3.12. The first-order valence-corrected chi connectivity index (χ1v) is 11.3. The lowest BCUT2D eigenvalue weighted by Crippen LogP contribution is -2.26. The van der Waals surface area contributed by atoms with E-state index in [1.807, 2.05) is 30.3 Å². The molecule has 1 N–H and O–H groups in total. The van der Waals surface area contributed by atoms with Crippen molar-refractivity contribution in [3.05, 3.63) is 90.0 Å². The summed E-state index contributed by atoms with van der Waals surface area (Å²) in [7, 11) is -2.20. The smallest absolute Gasteiger partial charge is 0.264 e. The van der Waals surface area contributed by atoms with Crippen molar-refractivity contribution >= 4 is 27.3 Å². The molecule has 0 aliphatic rings. The van der Waals surface area contributed by atoms with Gasteiger partial charge < -0.3 is 5.32 Å². The average molecular weight is 423 g/mol. The van der Waals surface area contributed by atoms with Gasteiger partial charge in [0.1, 0.15) is 0 Å². The van der Waals surface area contributed by atoms with Crippen LogP contribution < -0.4 is 9.62 Å². The van der Waals surface area contributed by atoms with E-state index in [-0.39, 0.29) is 10.8 Å². The van der Waals surface area contributed by atoms with Gasteiger partial charge in [-0.05, 0) is 66.4 Å². The fraction of sp³-hybridized carbons (Fsp3) is 0.208. The number of para-hydroxylation sites is 1. The number of carbonyl (C=O) groups is 1. The number of amides is 1. The topological polar surface area (TPSA) is 66.5 Å². The van der Waals surface area contributed by atoms with E-state index in [9.17, 15) is 13.2 Å². The van der Waals surface area contributed by atoms with E-state index in [4.69, 9.17) is 0 Å². The molecule has 3 aromatic rings. The first-order valence-electron chi connectivity index (χ1n) is 9.88. The Balaban J connectivity index is 1.72. The maximum Gasteiger partial charge on any atom is 0.264 e. The molecule has 30 heavy (non-hydrogen) atoms. The molecule has 3 aromatic carbocycles. The van der Waals surface area contributed by atoms with Crippen LogP contribution in [-0.4, -0.2) is 21.4 Å². The lowest BCUT2D eigenvalue weighted by Gasteiger charge is -2.19. The monoisotopic (exact) mass is 422 g/mol. The number of carbonyl (C=O) groups excluding carboxylic acids is 1. The Morgan fingerprint density at radius 1 is 0.933 bits per heavy atom. The molecule has 0 spiro atoms. The molecule has 6 heteroatoms. The number of hydrogen-bond acceptors (Lipinski definition) is 3. The van der Waals surface area contributed by atoms with Crippen molar-refractivity contribution in [2.24, 2.45) is 0 Å². The van der Waals surface area contributed by atoms with Crippen LogP contribution in [0.25, 0.3) is 0 Å². The van der Waals surface area contributed by atoms with E-state index in [1.54, 1.807) is 24.3 Å². The number of nitrogens with zero attached hydrogens (tertiary/aromatic N) is 1. The van der Waals surface area contributed by atoms with Gasteiger partial charge in [-0.3, -0.25) is 9.10 Å².